The molecule has 0 spiro atoms. The molecule has 1 aromatic carbocycles. The molecule has 1 saturated heterocycles. The minimum atomic E-state index is -0.550. The molecule has 2 fully saturated rings. The molecule has 3 rings (SSSR count). The summed E-state index contributed by atoms with van der Waals surface area (Å²) in [7, 11) is 0. The molecule has 0 bridgehead atoms. The average Bonchev–Trinajstić information content (AvgIpc) is 2.57. The van der Waals surface area contributed by atoms with Crippen LogP contribution < -0.4 is 5.32 Å². The fraction of sp³-hybridized carbons (Fsp3) is 0.647. The molecule has 1 atom stereocenters. The van der Waals surface area contributed by atoms with E-state index in [1.807, 2.05) is 0 Å². The molecule has 1 saturated carbocycles. The molecule has 1 heterocycles. The van der Waals surface area contributed by atoms with E-state index in [9.17, 15) is 9.50 Å². The summed E-state index contributed by atoms with van der Waals surface area (Å²) in [6, 6.07) is 3.24. The van der Waals surface area contributed by atoms with Gasteiger partial charge in [-0.05, 0) is 24.8 Å². The zero-order valence-electron chi connectivity index (χ0n) is 13.6. The topological polar surface area (TPSA) is 35.5 Å². The number of halogens is 4. The van der Waals surface area contributed by atoms with Gasteiger partial charge in [-0.3, -0.25) is 4.90 Å². The number of rotatable bonds is 3. The maximum absolute atomic E-state index is 13.6. The van der Waals surface area contributed by atoms with Gasteiger partial charge in [0.25, 0.3) is 0 Å². The summed E-state index contributed by atoms with van der Waals surface area (Å²) in [6.07, 6.45) is 6.11. The van der Waals surface area contributed by atoms with Gasteiger partial charge in [0.2, 0.25) is 0 Å². The van der Waals surface area contributed by atoms with Gasteiger partial charge in [0.15, 0.2) is 0 Å². The molecular formula is C17H26Cl3FN2O. The first kappa shape index (κ1) is 21.8. The zero-order valence-corrected chi connectivity index (χ0v) is 16.0. The van der Waals surface area contributed by atoms with Crippen molar-refractivity contribution in [2.24, 2.45) is 5.92 Å². The standard InChI is InChI=1S/C17H24ClFN2O.2ClH/c18-15-14(19)7-6-13(17(15)22)16(12-4-2-1-3-5-12)21-10-8-20-9-11-21;;/h6-7,12,16,20,22H,1-5,8-11H2;2*1H/t16-;;/m0../s1. The van der Waals surface area contributed by atoms with Gasteiger partial charge in [-0.1, -0.05) is 36.9 Å². The van der Waals surface area contributed by atoms with Crippen LogP contribution in [-0.4, -0.2) is 36.2 Å². The first-order valence-electron chi connectivity index (χ1n) is 8.30. The summed E-state index contributed by atoms with van der Waals surface area (Å²) in [6.45, 7) is 3.82. The molecule has 1 aliphatic heterocycles. The Balaban J connectivity index is 0.00000144. The lowest BCUT2D eigenvalue weighted by Gasteiger charge is -2.41. The molecule has 1 aliphatic carbocycles. The van der Waals surface area contributed by atoms with Crippen molar-refractivity contribution >= 4 is 36.4 Å². The maximum Gasteiger partial charge on any atom is 0.145 e. The zero-order chi connectivity index (χ0) is 15.5. The van der Waals surface area contributed by atoms with Gasteiger partial charge in [0.05, 0.1) is 0 Å². The Hall–Kier alpha value is -0.260. The van der Waals surface area contributed by atoms with E-state index in [0.717, 1.165) is 31.7 Å². The van der Waals surface area contributed by atoms with Crippen molar-refractivity contribution in [1.82, 2.24) is 10.2 Å². The molecular weight excluding hydrogens is 374 g/mol. The number of aromatic hydroxyl groups is 1. The van der Waals surface area contributed by atoms with Gasteiger partial charge in [-0.2, -0.15) is 0 Å². The van der Waals surface area contributed by atoms with Crippen LogP contribution in [0.3, 0.4) is 0 Å². The van der Waals surface area contributed by atoms with Crippen LogP contribution in [0, 0.1) is 11.7 Å². The highest BCUT2D eigenvalue weighted by Gasteiger charge is 2.33. The summed E-state index contributed by atoms with van der Waals surface area (Å²) in [5, 5.41) is 13.6. The monoisotopic (exact) mass is 398 g/mol. The van der Waals surface area contributed by atoms with Crippen LogP contribution in [0.5, 0.6) is 5.75 Å². The van der Waals surface area contributed by atoms with Crippen molar-refractivity contribution in [3.05, 3.63) is 28.5 Å². The lowest BCUT2D eigenvalue weighted by atomic mass is 9.80. The van der Waals surface area contributed by atoms with Gasteiger partial charge >= 0.3 is 0 Å². The lowest BCUT2D eigenvalue weighted by molar-refractivity contribution is 0.101. The van der Waals surface area contributed by atoms with Crippen LogP contribution in [-0.2, 0) is 0 Å². The van der Waals surface area contributed by atoms with E-state index < -0.39 is 5.82 Å². The van der Waals surface area contributed by atoms with Crippen molar-refractivity contribution in [2.45, 2.75) is 38.1 Å². The molecule has 0 aromatic heterocycles. The smallest absolute Gasteiger partial charge is 0.145 e. The number of piperazine rings is 1. The van der Waals surface area contributed by atoms with Gasteiger partial charge < -0.3 is 10.4 Å². The van der Waals surface area contributed by atoms with Crippen LogP contribution >= 0.6 is 36.4 Å². The number of phenolic OH excluding ortho intramolecular Hbond substituents is 1. The van der Waals surface area contributed by atoms with Crippen LogP contribution in [0.1, 0.15) is 43.7 Å². The Bertz CT molecular complexity index is 503. The molecule has 7 heteroatoms. The number of nitrogens with zero attached hydrogens (tertiary/aromatic N) is 1. The Kier molecular flexibility index (Phi) is 9.10. The van der Waals surface area contributed by atoms with Gasteiger partial charge in [0, 0.05) is 37.8 Å². The predicted molar refractivity (Wildman–Crippen MR) is 101 cm³/mol. The number of phenols is 1. The van der Waals surface area contributed by atoms with E-state index in [2.05, 4.69) is 10.2 Å². The highest BCUT2D eigenvalue weighted by molar-refractivity contribution is 6.32. The molecule has 1 aromatic rings. The Morgan fingerprint density at radius 2 is 1.75 bits per heavy atom. The molecule has 0 radical (unpaired) electrons. The maximum atomic E-state index is 13.6. The summed E-state index contributed by atoms with van der Waals surface area (Å²) in [5.41, 5.74) is 0.792. The Morgan fingerprint density at radius 3 is 2.38 bits per heavy atom. The average molecular weight is 400 g/mol. The normalized spacial score (nSPS) is 20.8. The van der Waals surface area contributed by atoms with Crippen molar-refractivity contribution < 1.29 is 9.50 Å². The van der Waals surface area contributed by atoms with Crippen molar-refractivity contribution in [3.8, 4) is 5.75 Å². The largest absolute Gasteiger partial charge is 0.506 e. The van der Waals surface area contributed by atoms with Crippen molar-refractivity contribution in [1.29, 1.82) is 0 Å². The first-order chi connectivity index (χ1) is 10.7. The molecule has 2 aliphatic rings. The highest BCUT2D eigenvalue weighted by atomic mass is 35.5. The van der Waals surface area contributed by atoms with E-state index in [1.165, 1.54) is 38.2 Å². The van der Waals surface area contributed by atoms with E-state index in [1.54, 1.807) is 6.07 Å². The van der Waals surface area contributed by atoms with Crippen molar-refractivity contribution in [2.75, 3.05) is 26.2 Å². The number of nitrogens with one attached hydrogen (secondary N) is 1. The second-order valence-corrected chi connectivity index (χ2v) is 6.81. The molecule has 0 amide bonds. The molecule has 3 nitrogen and oxygen atoms in total. The SMILES string of the molecule is Cl.Cl.Oc1c([C@H](C2CCCCC2)N2CCNCC2)ccc(F)c1Cl. The fourth-order valence-corrected chi connectivity index (χ4v) is 4.12. The molecule has 138 valence electrons. The summed E-state index contributed by atoms with van der Waals surface area (Å²) < 4.78 is 13.6. The third-order valence-electron chi connectivity index (χ3n) is 5.06. The lowest BCUT2D eigenvalue weighted by Crippen LogP contribution is -2.47. The van der Waals surface area contributed by atoms with Gasteiger partial charge in [0.1, 0.15) is 16.6 Å². The quantitative estimate of drug-likeness (QED) is 0.782. The second kappa shape index (κ2) is 10.0. The molecule has 0 unspecified atom stereocenters. The van der Waals surface area contributed by atoms with E-state index >= 15 is 0 Å². The van der Waals surface area contributed by atoms with Crippen molar-refractivity contribution in [3.63, 3.8) is 0 Å². The number of hydrogen-bond donors (Lipinski definition) is 2. The third-order valence-corrected chi connectivity index (χ3v) is 5.42. The van der Waals surface area contributed by atoms with Crippen LogP contribution in [0.25, 0.3) is 0 Å². The second-order valence-electron chi connectivity index (χ2n) is 6.43. The Labute approximate surface area is 160 Å². The van der Waals surface area contributed by atoms with Gasteiger partial charge in [-0.25, -0.2) is 4.39 Å². The third kappa shape index (κ3) is 4.67. The van der Waals surface area contributed by atoms with E-state index in [0.29, 0.717) is 5.92 Å². The van der Waals surface area contributed by atoms with Crippen LogP contribution in [0.4, 0.5) is 4.39 Å². The number of benzene rings is 1. The molecule has 2 N–H and O–H groups in total. The fourth-order valence-electron chi connectivity index (χ4n) is 3.95. The summed E-state index contributed by atoms with van der Waals surface area (Å²) in [4.78, 5) is 2.43. The van der Waals surface area contributed by atoms with Gasteiger partial charge in [-0.15, -0.1) is 24.8 Å². The van der Waals surface area contributed by atoms with Crippen LogP contribution in [0.2, 0.25) is 5.02 Å². The predicted octanol–water partition coefficient (Wildman–Crippen LogP) is 4.55. The first-order valence-corrected chi connectivity index (χ1v) is 8.68. The van der Waals surface area contributed by atoms with E-state index in [-0.39, 0.29) is 41.6 Å². The minimum Gasteiger partial charge on any atom is -0.506 e. The Morgan fingerprint density at radius 1 is 1.12 bits per heavy atom. The summed E-state index contributed by atoms with van der Waals surface area (Å²) >= 11 is 5.95. The van der Waals surface area contributed by atoms with E-state index in [4.69, 9.17) is 11.6 Å². The summed E-state index contributed by atoms with van der Waals surface area (Å²) in [5.74, 6) is -0.110. The minimum absolute atomic E-state index is 0. The number of hydrogen-bond acceptors (Lipinski definition) is 3. The van der Waals surface area contributed by atoms with Crippen LogP contribution in [0.15, 0.2) is 12.1 Å². The molecule has 24 heavy (non-hydrogen) atoms. The highest BCUT2D eigenvalue weighted by Crippen LogP contribution is 2.43.